The number of piperidine rings is 1. The summed E-state index contributed by atoms with van der Waals surface area (Å²) in [7, 11) is 0. The molecule has 1 unspecified atom stereocenters. The summed E-state index contributed by atoms with van der Waals surface area (Å²) in [5.41, 5.74) is 0. The predicted octanol–water partition coefficient (Wildman–Crippen LogP) is 1.75. The fourth-order valence-electron chi connectivity index (χ4n) is 3.53. The molecule has 0 radical (unpaired) electrons. The quantitative estimate of drug-likeness (QED) is 0.759. The number of hydrogen-bond acceptors (Lipinski definition) is 4. The maximum Gasteiger partial charge on any atom is 0.415 e. The van der Waals surface area contributed by atoms with Crippen LogP contribution in [0.3, 0.4) is 0 Å². The molecule has 2 saturated heterocycles. The van der Waals surface area contributed by atoms with Gasteiger partial charge in [-0.1, -0.05) is 24.8 Å². The Hall–Kier alpha value is -2.83. The van der Waals surface area contributed by atoms with Crippen LogP contribution < -0.4 is 4.74 Å². The van der Waals surface area contributed by atoms with Crippen LogP contribution in [0.4, 0.5) is 4.79 Å². The van der Waals surface area contributed by atoms with Crippen molar-refractivity contribution in [2.75, 3.05) is 39.3 Å². The van der Waals surface area contributed by atoms with Crippen LogP contribution in [0.15, 0.2) is 43.0 Å². The smallest absolute Gasteiger partial charge is 0.410 e. The molecule has 0 spiro atoms. The zero-order chi connectivity index (χ0) is 19.2. The van der Waals surface area contributed by atoms with Crippen LogP contribution >= 0.6 is 0 Å². The Labute approximate surface area is 159 Å². The number of ether oxygens (including phenoxy) is 1. The molecular formula is C20H25N3O4. The third-order valence-corrected chi connectivity index (χ3v) is 5.05. The monoisotopic (exact) mass is 371 g/mol. The Bertz CT molecular complexity index is 698. The molecule has 0 saturated carbocycles. The number of hydrogen-bond donors (Lipinski definition) is 0. The zero-order valence-corrected chi connectivity index (χ0v) is 15.4. The average Bonchev–Trinajstić information content (AvgIpc) is 2.73. The first-order valence-corrected chi connectivity index (χ1v) is 9.30. The highest BCUT2D eigenvalue weighted by Crippen LogP contribution is 2.20. The van der Waals surface area contributed by atoms with E-state index in [4.69, 9.17) is 4.74 Å². The Morgan fingerprint density at radius 3 is 2.30 bits per heavy atom. The lowest BCUT2D eigenvalue weighted by molar-refractivity contribution is -0.140. The van der Waals surface area contributed by atoms with E-state index >= 15 is 0 Å². The van der Waals surface area contributed by atoms with E-state index in [0.29, 0.717) is 45.0 Å². The van der Waals surface area contributed by atoms with Crippen LogP contribution in [0.2, 0.25) is 0 Å². The van der Waals surface area contributed by atoms with E-state index in [9.17, 15) is 14.4 Å². The van der Waals surface area contributed by atoms with Gasteiger partial charge in [-0.05, 0) is 31.1 Å². The van der Waals surface area contributed by atoms with Crippen molar-refractivity contribution in [2.24, 2.45) is 5.92 Å². The van der Waals surface area contributed by atoms with E-state index < -0.39 is 6.09 Å². The van der Waals surface area contributed by atoms with E-state index in [1.165, 1.54) is 6.08 Å². The number of amides is 3. The van der Waals surface area contributed by atoms with Crippen LogP contribution in [-0.4, -0.2) is 71.9 Å². The molecular weight excluding hydrogens is 346 g/mol. The van der Waals surface area contributed by atoms with E-state index in [1.54, 1.807) is 26.8 Å². The molecule has 144 valence electrons. The van der Waals surface area contributed by atoms with Gasteiger partial charge in [0.15, 0.2) is 0 Å². The molecule has 2 fully saturated rings. The summed E-state index contributed by atoms with van der Waals surface area (Å²) in [6, 6.07) is 8.94. The third kappa shape index (κ3) is 4.67. The van der Waals surface area contributed by atoms with Gasteiger partial charge in [-0.3, -0.25) is 9.59 Å². The zero-order valence-electron chi connectivity index (χ0n) is 15.4. The van der Waals surface area contributed by atoms with Crippen molar-refractivity contribution in [3.8, 4) is 5.75 Å². The van der Waals surface area contributed by atoms with Crippen LogP contribution in [0, 0.1) is 5.92 Å². The number of carbonyl (C=O) groups is 3. The summed E-state index contributed by atoms with van der Waals surface area (Å²) in [5, 5.41) is 0. The fraction of sp³-hybridized carbons (Fsp3) is 0.450. The van der Waals surface area contributed by atoms with Gasteiger partial charge in [0, 0.05) is 39.3 Å². The summed E-state index contributed by atoms with van der Waals surface area (Å²) >= 11 is 0. The molecule has 0 N–H and O–H groups in total. The second kappa shape index (κ2) is 8.70. The Balaban J connectivity index is 1.49. The van der Waals surface area contributed by atoms with Gasteiger partial charge in [-0.2, -0.15) is 0 Å². The SMILES string of the molecule is C=CC(=O)N1CCCC(C(=O)N2CCN(C(=O)Oc3ccccc3)CC2)C1. The molecule has 2 heterocycles. The van der Waals surface area contributed by atoms with Crippen LogP contribution in [0.1, 0.15) is 12.8 Å². The number of para-hydroxylation sites is 1. The number of carbonyl (C=O) groups excluding carboxylic acids is 3. The van der Waals surface area contributed by atoms with Gasteiger partial charge in [0.25, 0.3) is 0 Å². The molecule has 0 aromatic heterocycles. The van der Waals surface area contributed by atoms with Crippen molar-refractivity contribution >= 4 is 17.9 Å². The van der Waals surface area contributed by atoms with Crippen LogP contribution in [0.5, 0.6) is 5.75 Å². The highest BCUT2D eigenvalue weighted by molar-refractivity contribution is 5.88. The first kappa shape index (κ1) is 18.9. The van der Waals surface area contributed by atoms with Crippen molar-refractivity contribution in [1.82, 2.24) is 14.7 Å². The lowest BCUT2D eigenvalue weighted by atomic mass is 9.96. The van der Waals surface area contributed by atoms with Gasteiger partial charge >= 0.3 is 6.09 Å². The van der Waals surface area contributed by atoms with Crippen molar-refractivity contribution in [1.29, 1.82) is 0 Å². The minimum atomic E-state index is -0.395. The molecule has 0 aliphatic carbocycles. The number of nitrogens with zero attached hydrogens (tertiary/aromatic N) is 3. The third-order valence-electron chi connectivity index (χ3n) is 5.05. The summed E-state index contributed by atoms with van der Waals surface area (Å²) in [5.74, 6) is 0.272. The van der Waals surface area contributed by atoms with E-state index in [2.05, 4.69) is 6.58 Å². The molecule has 27 heavy (non-hydrogen) atoms. The van der Waals surface area contributed by atoms with E-state index in [0.717, 1.165) is 12.8 Å². The normalized spacial score (nSPS) is 20.1. The Morgan fingerprint density at radius 1 is 0.963 bits per heavy atom. The van der Waals surface area contributed by atoms with Crippen LogP contribution in [0.25, 0.3) is 0 Å². The van der Waals surface area contributed by atoms with Gasteiger partial charge in [0.2, 0.25) is 11.8 Å². The van der Waals surface area contributed by atoms with Gasteiger partial charge in [0.05, 0.1) is 5.92 Å². The highest BCUT2D eigenvalue weighted by Gasteiger charge is 2.33. The van der Waals surface area contributed by atoms with Crippen molar-refractivity contribution in [3.05, 3.63) is 43.0 Å². The fourth-order valence-corrected chi connectivity index (χ4v) is 3.53. The molecule has 3 amide bonds. The minimum absolute atomic E-state index is 0.0626. The molecule has 1 aromatic carbocycles. The van der Waals surface area contributed by atoms with Crippen LogP contribution in [-0.2, 0) is 9.59 Å². The molecule has 0 bridgehead atoms. The topological polar surface area (TPSA) is 70.2 Å². The second-order valence-electron chi connectivity index (χ2n) is 6.82. The van der Waals surface area contributed by atoms with Gasteiger partial charge in [-0.25, -0.2) is 4.79 Å². The van der Waals surface area contributed by atoms with E-state index in [-0.39, 0.29) is 17.7 Å². The molecule has 1 aromatic rings. The summed E-state index contributed by atoms with van der Waals surface area (Å²) in [6.07, 6.45) is 2.51. The molecule has 3 rings (SSSR count). The number of likely N-dealkylation sites (tertiary alicyclic amines) is 1. The number of rotatable bonds is 3. The lowest BCUT2D eigenvalue weighted by Gasteiger charge is -2.38. The summed E-state index contributed by atoms with van der Waals surface area (Å²) in [6.45, 7) is 6.48. The average molecular weight is 371 g/mol. The lowest BCUT2D eigenvalue weighted by Crippen LogP contribution is -2.54. The minimum Gasteiger partial charge on any atom is -0.410 e. The first-order valence-electron chi connectivity index (χ1n) is 9.30. The molecule has 2 aliphatic heterocycles. The molecule has 7 nitrogen and oxygen atoms in total. The standard InChI is InChI=1S/C20H25N3O4/c1-2-18(24)23-10-6-7-16(15-23)19(25)21-11-13-22(14-12-21)20(26)27-17-8-4-3-5-9-17/h2-5,8-9,16H,1,6-7,10-15H2. The Kier molecular flexibility index (Phi) is 6.11. The summed E-state index contributed by atoms with van der Waals surface area (Å²) < 4.78 is 5.35. The Morgan fingerprint density at radius 2 is 1.63 bits per heavy atom. The molecule has 7 heteroatoms. The van der Waals surface area contributed by atoms with Gasteiger partial charge in [0.1, 0.15) is 5.75 Å². The van der Waals surface area contributed by atoms with Gasteiger partial charge < -0.3 is 19.4 Å². The largest absolute Gasteiger partial charge is 0.415 e. The molecule has 2 aliphatic rings. The van der Waals surface area contributed by atoms with Crippen molar-refractivity contribution in [3.63, 3.8) is 0 Å². The van der Waals surface area contributed by atoms with E-state index in [1.807, 2.05) is 18.2 Å². The first-order chi connectivity index (χ1) is 13.1. The number of benzene rings is 1. The van der Waals surface area contributed by atoms with Crippen molar-refractivity contribution < 1.29 is 19.1 Å². The maximum absolute atomic E-state index is 12.8. The second-order valence-corrected chi connectivity index (χ2v) is 6.82. The number of piperazine rings is 1. The maximum atomic E-state index is 12.8. The predicted molar refractivity (Wildman–Crippen MR) is 100 cm³/mol. The molecule has 1 atom stereocenters. The van der Waals surface area contributed by atoms with Crippen molar-refractivity contribution in [2.45, 2.75) is 12.8 Å². The highest BCUT2D eigenvalue weighted by atomic mass is 16.6. The summed E-state index contributed by atoms with van der Waals surface area (Å²) in [4.78, 5) is 41.9. The van der Waals surface area contributed by atoms with Gasteiger partial charge in [-0.15, -0.1) is 0 Å².